The molecule has 22 heavy (non-hydrogen) atoms. The quantitative estimate of drug-likeness (QED) is 0.633. The second-order valence-electron chi connectivity index (χ2n) is 6.16. The number of hydrogen-bond acceptors (Lipinski definition) is 4. The maximum Gasteiger partial charge on any atom is 0.401 e. The van der Waals surface area contributed by atoms with E-state index in [0.717, 1.165) is 32.1 Å². The van der Waals surface area contributed by atoms with Crippen LogP contribution in [0.25, 0.3) is 0 Å². The van der Waals surface area contributed by atoms with Gasteiger partial charge in [0, 0.05) is 0 Å². The van der Waals surface area contributed by atoms with E-state index in [1.54, 1.807) is 13.8 Å². The van der Waals surface area contributed by atoms with Gasteiger partial charge in [-0.2, -0.15) is 8.78 Å². The van der Waals surface area contributed by atoms with E-state index in [4.69, 9.17) is 9.05 Å². The summed E-state index contributed by atoms with van der Waals surface area (Å²) in [4.78, 5) is 1.86. The van der Waals surface area contributed by atoms with Gasteiger partial charge in [0.25, 0.3) is 0 Å². The van der Waals surface area contributed by atoms with Gasteiger partial charge in [0.05, 0.1) is 18.8 Å². The molecular weight excluding hydrogens is 311 g/mol. The van der Waals surface area contributed by atoms with Gasteiger partial charge in [-0.3, -0.25) is 9.46 Å². The van der Waals surface area contributed by atoms with Crippen LogP contribution in [0.5, 0.6) is 0 Å². The number of hydrogen-bond donors (Lipinski definition) is 0. The summed E-state index contributed by atoms with van der Waals surface area (Å²) in [6, 6.07) is 0. The molecule has 1 saturated heterocycles. The fourth-order valence-electron chi connectivity index (χ4n) is 3.88. The first kappa shape index (κ1) is 18.3. The number of alkyl halides is 2. The van der Waals surface area contributed by atoms with Crippen molar-refractivity contribution in [3.63, 3.8) is 0 Å². The molecule has 0 amide bonds. The van der Waals surface area contributed by atoms with Crippen molar-refractivity contribution in [1.82, 2.24) is 4.90 Å². The highest BCUT2D eigenvalue weighted by atomic mass is 31.2. The zero-order valence-corrected chi connectivity index (χ0v) is 14.5. The van der Waals surface area contributed by atoms with Crippen LogP contribution in [0.1, 0.15) is 58.8 Å². The number of rotatable bonds is 7. The SMILES string of the molecule is CCOP(=O)(OCC)C(F)(F)C1(N2CCCC2)CCCCC1. The second kappa shape index (κ2) is 7.25. The summed E-state index contributed by atoms with van der Waals surface area (Å²) < 4.78 is 53.9. The summed E-state index contributed by atoms with van der Waals surface area (Å²) in [7, 11) is -4.48. The molecule has 7 heteroatoms. The first-order chi connectivity index (χ1) is 10.4. The van der Waals surface area contributed by atoms with E-state index in [1.165, 1.54) is 0 Å². The van der Waals surface area contributed by atoms with Gasteiger partial charge in [0.1, 0.15) is 0 Å². The Morgan fingerprint density at radius 1 is 1.00 bits per heavy atom. The zero-order chi connectivity index (χ0) is 16.3. The Morgan fingerprint density at radius 2 is 1.50 bits per heavy atom. The molecule has 0 aromatic carbocycles. The van der Waals surface area contributed by atoms with Gasteiger partial charge in [-0.1, -0.05) is 19.3 Å². The number of likely N-dealkylation sites (tertiary alicyclic amines) is 1. The molecule has 0 N–H and O–H groups in total. The third-order valence-corrected chi connectivity index (χ3v) is 7.19. The van der Waals surface area contributed by atoms with E-state index in [0.29, 0.717) is 25.9 Å². The molecule has 4 nitrogen and oxygen atoms in total. The molecule has 2 fully saturated rings. The molecule has 0 unspecified atom stereocenters. The average molecular weight is 339 g/mol. The van der Waals surface area contributed by atoms with Gasteiger partial charge < -0.3 is 9.05 Å². The van der Waals surface area contributed by atoms with Crippen molar-refractivity contribution in [2.75, 3.05) is 26.3 Å². The van der Waals surface area contributed by atoms with E-state index < -0.39 is 18.8 Å². The molecule has 2 rings (SSSR count). The Labute approximate surface area is 132 Å². The van der Waals surface area contributed by atoms with Crippen LogP contribution in [0.15, 0.2) is 0 Å². The maximum absolute atomic E-state index is 15.5. The minimum Gasteiger partial charge on any atom is -0.305 e. The highest BCUT2D eigenvalue weighted by Gasteiger charge is 2.69. The molecule has 0 aromatic heterocycles. The average Bonchev–Trinajstić information content (AvgIpc) is 3.03. The molecule has 1 aliphatic heterocycles. The minimum atomic E-state index is -4.48. The van der Waals surface area contributed by atoms with E-state index in [9.17, 15) is 4.57 Å². The molecule has 1 heterocycles. The lowest BCUT2D eigenvalue weighted by molar-refractivity contribution is -0.115. The standard InChI is InChI=1S/C15H28F2NO3P/c1-3-20-22(19,21-4-2)15(16,17)14(10-6-5-7-11-14)18-12-8-9-13-18/h3-13H2,1-2H3. The van der Waals surface area contributed by atoms with Crippen molar-refractivity contribution in [2.45, 2.75) is 70.0 Å². The Balaban J connectivity index is 2.40. The third kappa shape index (κ3) is 3.00. The first-order valence-electron chi connectivity index (χ1n) is 8.45. The summed E-state index contributed by atoms with van der Waals surface area (Å²) in [6.07, 6.45) is 5.01. The molecule has 2 aliphatic rings. The predicted octanol–water partition coefficient (Wildman–Crippen LogP) is 4.64. The molecule has 130 valence electrons. The smallest absolute Gasteiger partial charge is 0.305 e. The van der Waals surface area contributed by atoms with Crippen LogP contribution in [0.3, 0.4) is 0 Å². The fourth-order valence-corrected chi connectivity index (χ4v) is 5.84. The fraction of sp³-hybridized carbons (Fsp3) is 1.00. The highest BCUT2D eigenvalue weighted by Crippen LogP contribution is 2.69. The normalized spacial score (nSPS) is 23.8. The Hall–Kier alpha value is -0.0300. The van der Waals surface area contributed by atoms with Gasteiger partial charge in [-0.15, -0.1) is 0 Å². The topological polar surface area (TPSA) is 38.8 Å². The van der Waals surface area contributed by atoms with Gasteiger partial charge in [0.2, 0.25) is 0 Å². The lowest BCUT2D eigenvalue weighted by Gasteiger charge is -2.50. The van der Waals surface area contributed by atoms with Crippen molar-refractivity contribution in [1.29, 1.82) is 0 Å². The van der Waals surface area contributed by atoms with E-state index in [2.05, 4.69) is 0 Å². The monoisotopic (exact) mass is 339 g/mol. The lowest BCUT2D eigenvalue weighted by atomic mass is 9.80. The minimum absolute atomic E-state index is 0.0387. The summed E-state index contributed by atoms with van der Waals surface area (Å²) in [5.41, 5.74) is -4.85. The first-order valence-corrected chi connectivity index (χ1v) is 10.00. The summed E-state index contributed by atoms with van der Waals surface area (Å²) in [5.74, 6) is 0. The predicted molar refractivity (Wildman–Crippen MR) is 82.4 cm³/mol. The van der Waals surface area contributed by atoms with Gasteiger partial charge in [-0.05, 0) is 52.6 Å². The Bertz CT molecular complexity index is 398. The zero-order valence-electron chi connectivity index (χ0n) is 13.7. The molecular formula is C15H28F2NO3P. The largest absolute Gasteiger partial charge is 0.401 e. The van der Waals surface area contributed by atoms with E-state index in [-0.39, 0.29) is 13.2 Å². The van der Waals surface area contributed by atoms with Crippen molar-refractivity contribution in [3.05, 3.63) is 0 Å². The molecule has 0 atom stereocenters. The lowest BCUT2D eigenvalue weighted by Crippen LogP contribution is -2.60. The van der Waals surface area contributed by atoms with Gasteiger partial charge in [-0.25, -0.2) is 0 Å². The number of halogens is 2. The highest BCUT2D eigenvalue weighted by molar-refractivity contribution is 7.55. The van der Waals surface area contributed by atoms with Crippen LogP contribution < -0.4 is 0 Å². The summed E-state index contributed by atoms with van der Waals surface area (Å²) >= 11 is 0. The van der Waals surface area contributed by atoms with Crippen molar-refractivity contribution in [3.8, 4) is 0 Å². The van der Waals surface area contributed by atoms with Crippen molar-refractivity contribution in [2.24, 2.45) is 0 Å². The second-order valence-corrected chi connectivity index (χ2v) is 8.23. The Morgan fingerprint density at radius 3 is 1.95 bits per heavy atom. The summed E-state index contributed by atoms with van der Waals surface area (Å²) in [6.45, 7) is 4.36. The van der Waals surface area contributed by atoms with Gasteiger partial charge in [0.15, 0.2) is 0 Å². The van der Waals surface area contributed by atoms with Crippen LogP contribution in [-0.4, -0.2) is 42.4 Å². The molecule has 0 bridgehead atoms. The van der Waals surface area contributed by atoms with Crippen molar-refractivity contribution < 1.29 is 22.4 Å². The van der Waals surface area contributed by atoms with E-state index in [1.807, 2.05) is 4.90 Å². The Kier molecular flexibility index (Phi) is 6.03. The van der Waals surface area contributed by atoms with Crippen LogP contribution in [-0.2, 0) is 13.6 Å². The number of nitrogens with zero attached hydrogens (tertiary/aromatic N) is 1. The molecule has 0 aromatic rings. The van der Waals surface area contributed by atoms with Crippen LogP contribution in [0.2, 0.25) is 0 Å². The molecule has 1 saturated carbocycles. The van der Waals surface area contributed by atoms with Gasteiger partial charge >= 0.3 is 13.3 Å². The van der Waals surface area contributed by atoms with Crippen molar-refractivity contribution >= 4 is 7.60 Å². The van der Waals surface area contributed by atoms with Crippen LogP contribution in [0, 0.1) is 0 Å². The maximum atomic E-state index is 15.5. The molecule has 1 aliphatic carbocycles. The molecule has 0 radical (unpaired) electrons. The third-order valence-electron chi connectivity index (χ3n) is 4.89. The molecule has 0 spiro atoms. The van der Waals surface area contributed by atoms with Crippen LogP contribution >= 0.6 is 7.60 Å². The van der Waals surface area contributed by atoms with Crippen LogP contribution in [0.4, 0.5) is 8.78 Å². The summed E-state index contributed by atoms with van der Waals surface area (Å²) in [5, 5.41) is 0. The van der Waals surface area contributed by atoms with E-state index >= 15 is 8.78 Å².